The Bertz CT molecular complexity index is 752. The quantitative estimate of drug-likeness (QED) is 0.802. The van der Waals surface area contributed by atoms with E-state index in [1.54, 1.807) is 4.68 Å². The standard InChI is InChI=1S/C18H24FN7O/c19-15-5-3-13(4-6-15)16-10-20-22-18(16)14-2-1-8-25(11-14)17(27)7-9-26-12-21-23-24-26/h3-6,12,14,16,18,20,22H,1-2,7-11H2. The molecule has 0 saturated carbocycles. The van der Waals surface area contributed by atoms with Crippen molar-refractivity contribution in [2.45, 2.75) is 37.8 Å². The van der Waals surface area contributed by atoms with Gasteiger partial charge in [-0.3, -0.25) is 15.6 Å². The van der Waals surface area contributed by atoms with Crippen LogP contribution < -0.4 is 10.9 Å². The molecule has 144 valence electrons. The lowest BCUT2D eigenvalue weighted by Crippen LogP contribution is -2.48. The molecular weight excluding hydrogens is 349 g/mol. The van der Waals surface area contributed by atoms with Crippen molar-refractivity contribution in [1.29, 1.82) is 0 Å². The van der Waals surface area contributed by atoms with Crippen LogP contribution in [0.2, 0.25) is 0 Å². The van der Waals surface area contributed by atoms with Gasteiger partial charge in [-0.2, -0.15) is 0 Å². The topological polar surface area (TPSA) is 88.0 Å². The number of aryl methyl sites for hydroxylation is 1. The maximum absolute atomic E-state index is 13.3. The Morgan fingerprint density at radius 1 is 1.30 bits per heavy atom. The molecule has 2 aromatic rings. The minimum atomic E-state index is -0.216. The lowest BCUT2D eigenvalue weighted by atomic mass is 9.81. The molecule has 27 heavy (non-hydrogen) atoms. The number of halogens is 1. The first-order chi connectivity index (χ1) is 13.2. The summed E-state index contributed by atoms with van der Waals surface area (Å²) in [5.41, 5.74) is 7.76. The number of rotatable bonds is 5. The second kappa shape index (κ2) is 8.10. The number of tetrazole rings is 1. The third-order valence-corrected chi connectivity index (χ3v) is 5.59. The molecule has 4 rings (SSSR count). The highest BCUT2D eigenvalue weighted by Gasteiger charge is 2.37. The van der Waals surface area contributed by atoms with E-state index in [1.807, 2.05) is 17.0 Å². The molecule has 2 aliphatic rings. The number of hydrazine groups is 1. The number of piperidine rings is 1. The summed E-state index contributed by atoms with van der Waals surface area (Å²) in [5, 5.41) is 11.0. The fraction of sp³-hybridized carbons (Fsp3) is 0.556. The van der Waals surface area contributed by atoms with Crippen molar-refractivity contribution in [2.24, 2.45) is 5.92 Å². The normalized spacial score (nSPS) is 25.7. The van der Waals surface area contributed by atoms with E-state index < -0.39 is 0 Å². The fourth-order valence-electron chi connectivity index (χ4n) is 4.18. The first kappa shape index (κ1) is 18.0. The Balaban J connectivity index is 1.38. The zero-order valence-electron chi connectivity index (χ0n) is 15.1. The Morgan fingerprint density at radius 2 is 2.15 bits per heavy atom. The molecule has 8 nitrogen and oxygen atoms in total. The number of likely N-dealkylation sites (tertiary alicyclic amines) is 1. The van der Waals surface area contributed by atoms with Gasteiger partial charge in [-0.1, -0.05) is 12.1 Å². The lowest BCUT2D eigenvalue weighted by Gasteiger charge is -2.37. The summed E-state index contributed by atoms with van der Waals surface area (Å²) in [7, 11) is 0. The van der Waals surface area contributed by atoms with Gasteiger partial charge in [-0.25, -0.2) is 9.07 Å². The minimum Gasteiger partial charge on any atom is -0.342 e. The molecular formula is C18H24FN7O. The van der Waals surface area contributed by atoms with E-state index in [0.717, 1.165) is 38.0 Å². The molecule has 0 radical (unpaired) electrons. The number of benzene rings is 1. The van der Waals surface area contributed by atoms with Crippen molar-refractivity contribution in [3.05, 3.63) is 42.0 Å². The van der Waals surface area contributed by atoms with Crippen molar-refractivity contribution < 1.29 is 9.18 Å². The monoisotopic (exact) mass is 373 g/mol. The first-order valence-electron chi connectivity index (χ1n) is 9.43. The minimum absolute atomic E-state index is 0.138. The predicted octanol–water partition coefficient (Wildman–Crippen LogP) is 0.701. The van der Waals surface area contributed by atoms with Gasteiger partial charge in [0.2, 0.25) is 5.91 Å². The Morgan fingerprint density at radius 3 is 2.93 bits per heavy atom. The maximum Gasteiger partial charge on any atom is 0.224 e. The molecule has 3 atom stereocenters. The molecule has 1 aromatic carbocycles. The molecule has 3 heterocycles. The van der Waals surface area contributed by atoms with Crippen LogP contribution in [-0.4, -0.2) is 56.7 Å². The van der Waals surface area contributed by atoms with E-state index in [0.29, 0.717) is 18.9 Å². The third kappa shape index (κ3) is 4.14. The number of hydrogen-bond donors (Lipinski definition) is 2. The van der Waals surface area contributed by atoms with Crippen LogP contribution in [0.4, 0.5) is 4.39 Å². The van der Waals surface area contributed by atoms with Gasteiger partial charge in [-0.15, -0.1) is 5.10 Å². The largest absolute Gasteiger partial charge is 0.342 e. The summed E-state index contributed by atoms with van der Waals surface area (Å²) in [5.74, 6) is 0.554. The number of carbonyl (C=O) groups is 1. The maximum atomic E-state index is 13.3. The van der Waals surface area contributed by atoms with Crippen LogP contribution in [-0.2, 0) is 11.3 Å². The van der Waals surface area contributed by atoms with E-state index in [2.05, 4.69) is 26.4 Å². The van der Waals surface area contributed by atoms with Crippen LogP contribution in [0.5, 0.6) is 0 Å². The highest BCUT2D eigenvalue weighted by molar-refractivity contribution is 5.76. The summed E-state index contributed by atoms with van der Waals surface area (Å²) in [4.78, 5) is 14.6. The highest BCUT2D eigenvalue weighted by atomic mass is 19.1. The van der Waals surface area contributed by atoms with Gasteiger partial charge < -0.3 is 4.90 Å². The first-order valence-corrected chi connectivity index (χ1v) is 9.43. The molecule has 0 aliphatic carbocycles. The molecule has 1 aromatic heterocycles. The van der Waals surface area contributed by atoms with Gasteiger partial charge in [0.1, 0.15) is 12.1 Å². The Hall–Kier alpha value is -2.39. The van der Waals surface area contributed by atoms with Crippen LogP contribution in [0, 0.1) is 11.7 Å². The smallest absolute Gasteiger partial charge is 0.224 e. The van der Waals surface area contributed by atoms with Gasteiger partial charge >= 0.3 is 0 Å². The summed E-state index contributed by atoms with van der Waals surface area (Å²) in [6.07, 6.45) is 3.99. The van der Waals surface area contributed by atoms with Crippen LogP contribution >= 0.6 is 0 Å². The van der Waals surface area contributed by atoms with Gasteiger partial charge in [0.15, 0.2) is 0 Å². The van der Waals surface area contributed by atoms with Crippen LogP contribution in [0.1, 0.15) is 30.7 Å². The average Bonchev–Trinajstić information content (AvgIpc) is 3.39. The van der Waals surface area contributed by atoms with Crippen molar-refractivity contribution in [2.75, 3.05) is 19.6 Å². The molecule has 2 saturated heterocycles. The molecule has 0 spiro atoms. The fourth-order valence-corrected chi connectivity index (χ4v) is 4.18. The Kier molecular flexibility index (Phi) is 5.40. The number of nitrogens with zero attached hydrogens (tertiary/aromatic N) is 5. The SMILES string of the molecule is O=C(CCn1cnnn1)N1CCCC(C2NNCC2c2ccc(F)cc2)C1. The van der Waals surface area contributed by atoms with Crippen LogP contribution in [0.3, 0.4) is 0 Å². The van der Waals surface area contributed by atoms with Crippen molar-refractivity contribution in [3.63, 3.8) is 0 Å². The lowest BCUT2D eigenvalue weighted by molar-refractivity contribution is -0.133. The van der Waals surface area contributed by atoms with Crippen LogP contribution in [0.25, 0.3) is 0 Å². The van der Waals surface area contributed by atoms with Crippen molar-refractivity contribution in [1.82, 2.24) is 36.0 Å². The van der Waals surface area contributed by atoms with E-state index in [-0.39, 0.29) is 23.7 Å². The summed E-state index contributed by atoms with van der Waals surface area (Å²) < 4.78 is 14.8. The number of aromatic nitrogens is 4. The molecule has 2 N–H and O–H groups in total. The molecule has 9 heteroatoms. The summed E-state index contributed by atoms with van der Waals surface area (Å²) in [6.45, 7) is 2.84. The molecule has 2 fully saturated rings. The summed E-state index contributed by atoms with van der Waals surface area (Å²) in [6, 6.07) is 6.98. The van der Waals surface area contributed by atoms with E-state index in [1.165, 1.54) is 18.5 Å². The van der Waals surface area contributed by atoms with Gasteiger partial charge in [0.05, 0.1) is 6.54 Å². The van der Waals surface area contributed by atoms with Gasteiger partial charge in [-0.05, 0) is 46.9 Å². The van der Waals surface area contributed by atoms with Crippen LogP contribution in [0.15, 0.2) is 30.6 Å². The summed E-state index contributed by atoms with van der Waals surface area (Å²) >= 11 is 0. The Labute approximate surface area is 157 Å². The zero-order chi connectivity index (χ0) is 18.6. The molecule has 3 unspecified atom stereocenters. The number of nitrogens with one attached hydrogen (secondary N) is 2. The molecule has 2 aliphatic heterocycles. The van der Waals surface area contributed by atoms with Crippen molar-refractivity contribution in [3.8, 4) is 0 Å². The van der Waals surface area contributed by atoms with Gasteiger partial charge in [0.25, 0.3) is 0 Å². The molecule has 1 amide bonds. The highest BCUT2D eigenvalue weighted by Crippen LogP contribution is 2.31. The van der Waals surface area contributed by atoms with Gasteiger partial charge in [0, 0.05) is 38.0 Å². The number of carbonyl (C=O) groups excluding carboxylic acids is 1. The predicted molar refractivity (Wildman–Crippen MR) is 95.8 cm³/mol. The second-order valence-electron chi connectivity index (χ2n) is 7.27. The van der Waals surface area contributed by atoms with E-state index in [9.17, 15) is 9.18 Å². The second-order valence-corrected chi connectivity index (χ2v) is 7.27. The number of amides is 1. The zero-order valence-corrected chi connectivity index (χ0v) is 15.1. The average molecular weight is 373 g/mol. The van der Waals surface area contributed by atoms with Crippen molar-refractivity contribution >= 4 is 5.91 Å². The third-order valence-electron chi connectivity index (χ3n) is 5.59. The molecule has 0 bridgehead atoms. The number of hydrogen-bond acceptors (Lipinski definition) is 6. The van der Waals surface area contributed by atoms with E-state index >= 15 is 0 Å². The van der Waals surface area contributed by atoms with E-state index in [4.69, 9.17) is 0 Å².